The lowest BCUT2D eigenvalue weighted by Crippen LogP contribution is -2.60. The molecule has 1 saturated heterocycles. The third-order valence-electron chi connectivity index (χ3n) is 5.52. The van der Waals surface area contributed by atoms with Crippen LogP contribution in [0.5, 0.6) is 0 Å². The number of rotatable bonds is 3. The van der Waals surface area contributed by atoms with Gasteiger partial charge in [-0.05, 0) is 56.7 Å². The number of anilines is 1. The third-order valence-corrected chi connectivity index (χ3v) is 5.82. The van der Waals surface area contributed by atoms with E-state index in [2.05, 4.69) is 29.4 Å². The number of nitrogens with zero attached hydrogens (tertiary/aromatic N) is 1. The van der Waals surface area contributed by atoms with Gasteiger partial charge in [-0.3, -0.25) is 9.59 Å². The molecule has 0 radical (unpaired) electrons. The molecule has 1 saturated carbocycles. The van der Waals surface area contributed by atoms with Crippen LogP contribution < -0.4 is 10.6 Å². The molecule has 1 aromatic rings. The Morgan fingerprint density at radius 3 is 2.42 bits per heavy atom. The summed E-state index contributed by atoms with van der Waals surface area (Å²) in [6.07, 6.45) is 3.30. The number of nitrogens with one attached hydrogen (secondary N) is 2. The molecule has 1 aliphatic carbocycles. The van der Waals surface area contributed by atoms with Gasteiger partial charge in [0.05, 0.1) is 5.02 Å². The molecule has 0 aromatic heterocycles. The largest absolute Gasteiger partial charge is 0.344 e. The van der Waals surface area contributed by atoms with Gasteiger partial charge < -0.3 is 15.5 Å². The summed E-state index contributed by atoms with van der Waals surface area (Å²) in [6, 6.07) is 4.42. The molecule has 5 nitrogen and oxygen atoms in total. The van der Waals surface area contributed by atoms with Crippen molar-refractivity contribution >= 4 is 29.1 Å². The number of carbonyl (C=O) groups excluding carboxylic acids is 2. The molecule has 3 rings (SSSR count). The molecular weight excluding hydrogens is 357 g/mol. The normalized spacial score (nSPS) is 25.8. The maximum absolute atomic E-state index is 13.5. The topological polar surface area (TPSA) is 61.4 Å². The Balaban J connectivity index is 1.62. The van der Waals surface area contributed by atoms with Crippen LogP contribution in [0.1, 0.15) is 33.1 Å². The zero-order chi connectivity index (χ0) is 18.8. The third kappa shape index (κ3) is 4.18. The van der Waals surface area contributed by atoms with E-state index in [1.165, 1.54) is 18.6 Å². The Bertz CT molecular complexity index is 683. The van der Waals surface area contributed by atoms with Crippen molar-refractivity contribution in [1.82, 2.24) is 10.2 Å². The second-order valence-electron chi connectivity index (χ2n) is 7.58. The highest BCUT2D eigenvalue weighted by atomic mass is 35.5. The Morgan fingerprint density at radius 2 is 1.85 bits per heavy atom. The lowest BCUT2D eigenvalue weighted by atomic mass is 9.73. The van der Waals surface area contributed by atoms with Crippen LogP contribution in [-0.2, 0) is 9.59 Å². The number of amides is 2. The van der Waals surface area contributed by atoms with Crippen molar-refractivity contribution in [2.45, 2.75) is 45.2 Å². The summed E-state index contributed by atoms with van der Waals surface area (Å²) in [4.78, 5) is 27.0. The minimum atomic E-state index is -0.781. The number of piperidine rings is 1. The van der Waals surface area contributed by atoms with Gasteiger partial charge in [-0.15, -0.1) is 0 Å². The molecule has 2 aliphatic rings. The molecule has 1 aliphatic heterocycles. The summed E-state index contributed by atoms with van der Waals surface area (Å²) in [7, 11) is 0. The average Bonchev–Trinajstić information content (AvgIpc) is 2.57. The van der Waals surface area contributed by atoms with Crippen molar-refractivity contribution in [3.05, 3.63) is 29.0 Å². The highest BCUT2D eigenvalue weighted by Gasteiger charge is 2.41. The standard InChI is InChI=1S/C19H25ClFN3O2/c1-11(2)24-9-12-4-3-5-13(10-24)17(12)23-19(26)18(25)22-14-6-7-15(20)16(21)8-14/h6-8,11-13,17H,3-5,9-10H2,1-2H3,(H,22,25)(H,23,26). The van der Waals surface area contributed by atoms with Gasteiger partial charge in [0.1, 0.15) is 5.82 Å². The first kappa shape index (κ1) is 19.1. The predicted molar refractivity (Wildman–Crippen MR) is 99.5 cm³/mol. The molecule has 1 aromatic carbocycles. The van der Waals surface area contributed by atoms with Crippen LogP contribution in [0.25, 0.3) is 0 Å². The van der Waals surface area contributed by atoms with Crippen molar-refractivity contribution in [1.29, 1.82) is 0 Å². The molecule has 2 bridgehead atoms. The zero-order valence-electron chi connectivity index (χ0n) is 15.1. The van der Waals surface area contributed by atoms with Crippen molar-refractivity contribution in [3.8, 4) is 0 Å². The van der Waals surface area contributed by atoms with Crippen molar-refractivity contribution < 1.29 is 14.0 Å². The second kappa shape index (κ2) is 7.92. The molecule has 0 spiro atoms. The Labute approximate surface area is 158 Å². The van der Waals surface area contributed by atoms with Crippen molar-refractivity contribution in [3.63, 3.8) is 0 Å². The van der Waals surface area contributed by atoms with Gasteiger partial charge >= 0.3 is 11.8 Å². The van der Waals surface area contributed by atoms with Crippen LogP contribution >= 0.6 is 11.6 Å². The maximum atomic E-state index is 13.5. The first-order chi connectivity index (χ1) is 12.3. The molecule has 7 heteroatoms. The smallest absolute Gasteiger partial charge is 0.313 e. The van der Waals surface area contributed by atoms with Gasteiger partial charge in [-0.25, -0.2) is 4.39 Å². The SMILES string of the molecule is CC(C)N1CC2CCCC(C1)C2NC(=O)C(=O)Nc1ccc(Cl)c(F)c1. The molecule has 2 amide bonds. The van der Waals surface area contributed by atoms with E-state index in [0.29, 0.717) is 17.9 Å². The molecule has 142 valence electrons. The molecule has 2 unspecified atom stereocenters. The number of fused-ring (bicyclic) bond motifs is 2. The molecule has 1 heterocycles. The number of likely N-dealkylation sites (tertiary alicyclic amines) is 1. The van der Waals surface area contributed by atoms with Gasteiger partial charge in [0.15, 0.2) is 0 Å². The summed E-state index contributed by atoms with van der Waals surface area (Å²) in [6.45, 7) is 6.27. The van der Waals surface area contributed by atoms with Crippen molar-refractivity contribution in [2.24, 2.45) is 11.8 Å². The average molecular weight is 382 g/mol. The fourth-order valence-corrected chi connectivity index (χ4v) is 4.23. The summed E-state index contributed by atoms with van der Waals surface area (Å²) in [5, 5.41) is 5.33. The summed E-state index contributed by atoms with van der Waals surface area (Å²) in [5.74, 6) is -1.35. The van der Waals surface area contributed by atoms with E-state index >= 15 is 0 Å². The number of halogens is 2. The van der Waals surface area contributed by atoms with Gasteiger partial charge in [-0.2, -0.15) is 0 Å². The second-order valence-corrected chi connectivity index (χ2v) is 7.99. The van der Waals surface area contributed by atoms with Crippen LogP contribution in [0, 0.1) is 17.7 Å². The van der Waals surface area contributed by atoms with E-state index in [9.17, 15) is 14.0 Å². The van der Waals surface area contributed by atoms with E-state index in [1.807, 2.05) is 0 Å². The molecule has 2 fully saturated rings. The first-order valence-electron chi connectivity index (χ1n) is 9.16. The zero-order valence-corrected chi connectivity index (χ0v) is 15.9. The number of hydrogen-bond donors (Lipinski definition) is 2. The molecule has 2 atom stereocenters. The van der Waals surface area contributed by atoms with Crippen LogP contribution in [0.3, 0.4) is 0 Å². The fourth-order valence-electron chi connectivity index (χ4n) is 4.11. The quantitative estimate of drug-likeness (QED) is 0.791. The van der Waals surface area contributed by atoms with E-state index in [-0.39, 0.29) is 16.8 Å². The Kier molecular flexibility index (Phi) is 5.82. The van der Waals surface area contributed by atoms with Crippen LogP contribution in [0.2, 0.25) is 5.02 Å². The number of benzene rings is 1. The van der Waals surface area contributed by atoms with Crippen molar-refractivity contribution in [2.75, 3.05) is 18.4 Å². The molecule has 2 N–H and O–H groups in total. The van der Waals surface area contributed by atoms with E-state index < -0.39 is 17.6 Å². The number of hydrogen-bond acceptors (Lipinski definition) is 3. The van der Waals surface area contributed by atoms with Gasteiger partial charge in [0.2, 0.25) is 0 Å². The summed E-state index contributed by atoms with van der Waals surface area (Å²) < 4.78 is 13.5. The van der Waals surface area contributed by atoms with Gasteiger partial charge in [-0.1, -0.05) is 18.0 Å². The Hall–Kier alpha value is -1.66. The molecule has 26 heavy (non-hydrogen) atoms. The van der Waals surface area contributed by atoms with Crippen LogP contribution in [-0.4, -0.2) is 41.9 Å². The van der Waals surface area contributed by atoms with E-state index in [1.54, 1.807) is 0 Å². The van der Waals surface area contributed by atoms with E-state index in [4.69, 9.17) is 11.6 Å². The minimum Gasteiger partial charge on any atom is -0.344 e. The highest BCUT2D eigenvalue weighted by molar-refractivity contribution is 6.39. The van der Waals surface area contributed by atoms with E-state index in [0.717, 1.165) is 32.0 Å². The number of carbonyl (C=O) groups is 2. The van der Waals surface area contributed by atoms with Gasteiger partial charge in [0, 0.05) is 30.9 Å². The maximum Gasteiger partial charge on any atom is 0.313 e. The fraction of sp³-hybridized carbons (Fsp3) is 0.579. The molecular formula is C19H25ClFN3O2. The lowest BCUT2D eigenvalue weighted by molar-refractivity contribution is -0.137. The minimum absolute atomic E-state index is 0.0268. The summed E-state index contributed by atoms with van der Waals surface area (Å²) >= 11 is 5.63. The van der Waals surface area contributed by atoms with Crippen LogP contribution in [0.15, 0.2) is 18.2 Å². The predicted octanol–water partition coefficient (Wildman–Crippen LogP) is 3.04. The highest BCUT2D eigenvalue weighted by Crippen LogP contribution is 2.35. The van der Waals surface area contributed by atoms with Crippen LogP contribution in [0.4, 0.5) is 10.1 Å². The van der Waals surface area contributed by atoms with Gasteiger partial charge in [0.25, 0.3) is 0 Å². The lowest BCUT2D eigenvalue weighted by Gasteiger charge is -2.48. The first-order valence-corrected chi connectivity index (χ1v) is 9.54. The monoisotopic (exact) mass is 381 g/mol. The summed E-state index contributed by atoms with van der Waals surface area (Å²) in [5.41, 5.74) is 0.210. The Morgan fingerprint density at radius 1 is 1.19 bits per heavy atom.